The number of fused-ring (bicyclic) bond motifs is 2. The molecule has 5 unspecified atom stereocenters. The number of aliphatic hydroxyl groups excluding tert-OH is 1. The number of hydrogen-bond acceptors (Lipinski definition) is 33. The lowest BCUT2D eigenvalue weighted by atomic mass is 9.70. The topological polar surface area (TPSA) is 757 Å². The smallest absolute Gasteiger partial charge is 0.373 e. The number of esters is 3. The molecule has 0 radical (unpaired) electrons. The van der Waals surface area contributed by atoms with Gasteiger partial charge < -0.3 is 24.6 Å². The molecule has 716 valence electrons. The maximum atomic E-state index is 12.2. The lowest BCUT2D eigenvalue weighted by Gasteiger charge is -2.35. The number of nitrogens with one attached hydrogen (secondary N) is 1. The minimum atomic E-state index is -4.76. The predicted molar refractivity (Wildman–Crippen MR) is 445 cm³/mol. The molecule has 2 bridgehead atoms. The number of aliphatic hydroxyl groups is 1. The molecule has 1 amide bonds. The molecule has 2 aliphatic rings. The van der Waals surface area contributed by atoms with Crippen LogP contribution in [0.15, 0.2) is 114 Å². The van der Waals surface area contributed by atoms with Crippen molar-refractivity contribution in [2.75, 3.05) is 60.9 Å². The predicted octanol–water partition coefficient (Wildman–Crippen LogP) is 6.00. The summed E-state index contributed by atoms with van der Waals surface area (Å²) in [6, 6.07) is 13.4. The molecule has 0 heterocycles. The number of hydrogen-bond donors (Lipinski definition) is 12. The second-order valence-corrected chi connectivity index (χ2v) is 41.9. The number of aryl methyl sites for hydroxylation is 1. The number of carbonyl (C=O) groups is 5. The standard InChI is InChI=1S/C20H38O7S.C10H16O4S.C7H13NO4S.C7H12O5S.C7H8O3S.C6H6O3S.C3H8O4S.C3H6O3S.C2H6O3S.C2H4O3S.2CO2/c1-5-9-11-16(7-3)14-26-19(21)13-18(28(23,24)25)20(22)27-15-17(8-4)12-10-6-2;1-9(2)7-3-4-10(9,8(11)5-7)6-15(12,13)14;1-4-6(9)8-7(2,3)5-13(10,11)12;1-6(2)7(8)12-4-3-5-13(9,10)11;1-6-2-4-7(5-3-6)11(8,9)10;7-10(8,9)6-4-2-1-3-5-6;4-2-1-3-8(5,6)7;1-2-3-7(4,5)6;2*1-2-6(3,4)5;2*2-1-3/h16-18H,5-15H2,1-4H3,(H,23,24,25);7H,3-6H2,1-2H3,(H,12,13,14);4H,1,5H2,2-3H3,(H,8,9)(H,10,11,12);1,3-5H2,2H3,(H,9,10,11);2-5H,1H3,(H,8,9,10);1-5H,(H,7,8,9);4H,1-3H2,(H,5,6,7);2H,1,3H2,(H,4,5,6);2H2,1H3,(H,3,4,5);2H,1H2,(H,3,4,5);;. The first-order valence-electron chi connectivity index (χ1n) is 35.7. The molecule has 44 nitrogen and oxygen atoms in total. The summed E-state index contributed by atoms with van der Waals surface area (Å²) in [5.41, 5.74) is -0.909. The molecule has 0 saturated heterocycles. The zero-order valence-electron chi connectivity index (χ0n) is 69.6. The molecule has 4 rings (SSSR count). The first-order valence-corrected chi connectivity index (χ1v) is 51.3. The Morgan fingerprint density at radius 1 is 0.593 bits per heavy atom. The monoisotopic (exact) mass is 1970 g/mol. The number of amides is 1. The number of unbranched alkanes of at least 4 members (excludes halogenated alkanes) is 2. The molecule has 2 aromatic carbocycles. The van der Waals surface area contributed by atoms with E-state index in [1.165, 1.54) is 52.0 Å². The molecular weight excluding hydrogens is 1850 g/mol. The minimum absolute atomic E-state index is 0.0152. The van der Waals surface area contributed by atoms with Gasteiger partial charge in [-0.2, -0.15) is 103 Å². The van der Waals surface area contributed by atoms with Gasteiger partial charge in [-0.1, -0.05) is 142 Å². The van der Waals surface area contributed by atoms with Crippen molar-refractivity contribution in [1.29, 1.82) is 0 Å². The van der Waals surface area contributed by atoms with E-state index in [1.807, 2.05) is 34.6 Å². The van der Waals surface area contributed by atoms with Crippen LogP contribution < -0.4 is 5.32 Å². The SMILES string of the molecule is C=C(C)C(=O)OCCCS(=O)(=O)O.C=CC(=O)NC(C)(C)CS(=O)(=O)O.C=CCS(=O)(=O)O.C=CS(=O)(=O)O.CC1(C)C2CCC1(CS(=O)(=O)O)C(=O)C2.CCCCC(CC)COC(=O)CC(C(=O)OCC(CC)CCCC)S(=O)(=O)O.CCS(=O)(=O)O.Cc1ccc(S(=O)(=O)O)cc1.O=C=O.O=C=O.O=S(=O)(O)CCCO.O=S(=O)(O)c1ccccc1. The van der Waals surface area contributed by atoms with Crippen LogP contribution in [-0.2, 0) is 159 Å². The van der Waals surface area contributed by atoms with Crippen LogP contribution in [0.1, 0.15) is 165 Å². The average Bonchev–Trinajstić information content (AvgIpc) is 1.55. The number of ether oxygens (including phenoxy) is 3. The molecule has 123 heavy (non-hydrogen) atoms. The molecule has 2 fully saturated rings. The number of carbonyl (C=O) groups excluding carboxylic acids is 9. The first kappa shape index (κ1) is 131. The van der Waals surface area contributed by atoms with E-state index in [9.17, 15) is 113 Å². The quantitative estimate of drug-likeness (QED) is 0.00929. The summed E-state index contributed by atoms with van der Waals surface area (Å²) in [6.07, 6.45) is 11.5. The van der Waals surface area contributed by atoms with Gasteiger partial charge in [0.25, 0.3) is 101 Å². The van der Waals surface area contributed by atoms with E-state index in [0.29, 0.717) is 18.2 Å². The Morgan fingerprint density at radius 3 is 1.27 bits per heavy atom. The fraction of sp³-hybridized carbons (Fsp3) is 0.609. The van der Waals surface area contributed by atoms with Gasteiger partial charge in [-0.15, -0.1) is 6.58 Å². The average molecular weight is 1970 g/mol. The van der Waals surface area contributed by atoms with Crippen LogP contribution in [0.25, 0.3) is 0 Å². The Balaban J connectivity index is -0.000000205. The van der Waals surface area contributed by atoms with E-state index in [0.717, 1.165) is 75.5 Å². The van der Waals surface area contributed by atoms with E-state index in [4.69, 9.17) is 74.7 Å². The molecule has 0 aliphatic heterocycles. The Bertz CT molecular complexity index is 4810. The highest BCUT2D eigenvalue weighted by atomic mass is 32.3. The van der Waals surface area contributed by atoms with E-state index >= 15 is 0 Å². The zero-order chi connectivity index (χ0) is 98.7. The van der Waals surface area contributed by atoms with E-state index in [2.05, 4.69) is 50.2 Å². The lowest BCUT2D eigenvalue weighted by molar-refractivity contribution is -0.193. The van der Waals surface area contributed by atoms with Gasteiger partial charge >= 0.3 is 30.2 Å². The highest BCUT2D eigenvalue weighted by Crippen LogP contribution is 2.64. The normalized spacial score (nSPS) is 15.1. The van der Waals surface area contributed by atoms with Crippen LogP contribution in [0.5, 0.6) is 0 Å². The number of rotatable bonds is 36. The minimum Gasteiger partial charge on any atom is -0.465 e. The van der Waals surface area contributed by atoms with Gasteiger partial charge in [0.2, 0.25) is 5.91 Å². The summed E-state index contributed by atoms with van der Waals surface area (Å²) < 4.78 is 304. The van der Waals surface area contributed by atoms with Gasteiger partial charge in [-0.05, 0) is 127 Å². The van der Waals surface area contributed by atoms with Crippen molar-refractivity contribution in [3.63, 3.8) is 0 Å². The van der Waals surface area contributed by atoms with Crippen molar-refractivity contribution in [2.45, 2.75) is 187 Å². The van der Waals surface area contributed by atoms with Crippen molar-refractivity contribution in [1.82, 2.24) is 5.32 Å². The van der Waals surface area contributed by atoms with E-state index in [1.54, 1.807) is 30.3 Å². The van der Waals surface area contributed by atoms with E-state index < -0.39 is 165 Å². The molecule has 5 atom stereocenters. The van der Waals surface area contributed by atoms with Crippen LogP contribution in [0, 0.1) is 35.5 Å². The summed E-state index contributed by atoms with van der Waals surface area (Å²) in [5, 5.41) is 8.94. The number of benzene rings is 2. The van der Waals surface area contributed by atoms with Gasteiger partial charge in [0.15, 0.2) is 5.25 Å². The van der Waals surface area contributed by atoms with Crippen LogP contribution >= 0.6 is 0 Å². The maximum absolute atomic E-state index is 12.2. The third kappa shape index (κ3) is 79.2. The van der Waals surface area contributed by atoms with Crippen molar-refractivity contribution in [2.24, 2.45) is 28.6 Å². The summed E-state index contributed by atoms with van der Waals surface area (Å²) in [4.78, 5) is 90.0. The van der Waals surface area contributed by atoms with Gasteiger partial charge in [-0.25, -0.2) is 4.79 Å². The van der Waals surface area contributed by atoms with Crippen LogP contribution in [0.2, 0.25) is 0 Å². The summed E-state index contributed by atoms with van der Waals surface area (Å²) >= 11 is 0. The summed E-state index contributed by atoms with van der Waals surface area (Å²) in [6.45, 7) is 32.1. The third-order valence-electron chi connectivity index (χ3n) is 15.7. The third-order valence-corrected chi connectivity index (χ3v) is 23.9. The molecule has 54 heteroatoms. The van der Waals surface area contributed by atoms with Gasteiger partial charge in [-0.3, -0.25) is 64.7 Å². The molecular formula is C69H117NO43S10. The summed E-state index contributed by atoms with van der Waals surface area (Å²) in [7, 11) is -40.1. The Labute approximate surface area is 721 Å². The van der Waals surface area contributed by atoms with Crippen LogP contribution in [0.4, 0.5) is 0 Å². The zero-order valence-corrected chi connectivity index (χ0v) is 77.8. The summed E-state index contributed by atoms with van der Waals surface area (Å²) in [5.74, 6) is -4.61. The van der Waals surface area contributed by atoms with Gasteiger partial charge in [0.1, 0.15) is 5.78 Å². The molecule has 2 aliphatic carbocycles. The van der Waals surface area contributed by atoms with Crippen LogP contribution in [-0.4, -0.2) is 248 Å². The van der Waals surface area contributed by atoms with Gasteiger partial charge in [0, 0.05) is 18.6 Å². The molecule has 0 spiro atoms. The Morgan fingerprint density at radius 2 is 1.00 bits per heavy atom. The fourth-order valence-electron chi connectivity index (χ4n) is 9.34. The Kier molecular flexibility index (Phi) is 68.8. The highest BCUT2D eigenvalue weighted by molar-refractivity contribution is 7.89. The second-order valence-electron chi connectivity index (χ2n) is 26.8. The maximum Gasteiger partial charge on any atom is 0.373 e. The Hall–Kier alpha value is -7.23. The number of Topliss-reactive ketones (excluding diaryl/α,β-unsaturated/α-hetero) is 1. The first-order chi connectivity index (χ1) is 55.5. The fourth-order valence-corrected chi connectivity index (χ4v) is 14.5. The molecule has 0 aromatic heterocycles. The van der Waals surface area contributed by atoms with Crippen molar-refractivity contribution in [3.05, 3.63) is 110 Å². The molecule has 2 saturated carbocycles. The molecule has 2 aromatic rings. The second kappa shape index (κ2) is 64.5. The largest absolute Gasteiger partial charge is 0.465 e. The van der Waals surface area contributed by atoms with Gasteiger partial charge in [0.05, 0.1) is 86.9 Å². The van der Waals surface area contributed by atoms with E-state index in [-0.39, 0.29) is 113 Å². The van der Waals surface area contributed by atoms with Crippen molar-refractivity contribution >= 4 is 143 Å². The highest BCUT2D eigenvalue weighted by Gasteiger charge is 2.65. The van der Waals surface area contributed by atoms with Crippen molar-refractivity contribution in [3.8, 4) is 0 Å². The van der Waals surface area contributed by atoms with Crippen molar-refractivity contribution < 1.29 is 192 Å². The number of ketones is 1. The molecule has 12 N–H and O–H groups in total. The lowest BCUT2D eigenvalue weighted by Crippen LogP contribution is -2.47. The van der Waals surface area contributed by atoms with Crippen LogP contribution in [0.3, 0.4) is 0 Å².